The molecule has 1 atom stereocenters. The van der Waals surface area contributed by atoms with Crippen molar-refractivity contribution in [2.45, 2.75) is 30.6 Å². The molecule has 1 N–H and O–H groups in total. The van der Waals surface area contributed by atoms with Gasteiger partial charge in [-0.05, 0) is 50.2 Å². The van der Waals surface area contributed by atoms with E-state index in [0.29, 0.717) is 22.8 Å². The molecular weight excluding hydrogens is 420 g/mol. The highest BCUT2D eigenvalue weighted by Crippen LogP contribution is 2.27. The topological polar surface area (TPSA) is 77.5 Å². The van der Waals surface area contributed by atoms with Crippen LogP contribution in [0.25, 0.3) is 0 Å². The first-order chi connectivity index (χ1) is 14.5. The zero-order chi connectivity index (χ0) is 21.5. The molecule has 1 aromatic heterocycles. The van der Waals surface area contributed by atoms with E-state index in [1.165, 1.54) is 11.8 Å². The molecule has 1 amide bonds. The van der Waals surface area contributed by atoms with Crippen LogP contribution in [0.5, 0.6) is 5.75 Å². The molecule has 0 bridgehead atoms. The lowest BCUT2D eigenvalue weighted by molar-refractivity contribution is -0.123. The lowest BCUT2D eigenvalue weighted by Gasteiger charge is -2.15. The van der Waals surface area contributed by atoms with E-state index in [1.54, 1.807) is 61.8 Å². The normalized spacial score (nSPS) is 11.6. The molecule has 156 valence electrons. The Morgan fingerprint density at radius 3 is 2.57 bits per heavy atom. The number of amides is 1. The van der Waals surface area contributed by atoms with E-state index in [1.807, 2.05) is 24.4 Å². The van der Waals surface area contributed by atoms with Gasteiger partial charge in [-0.1, -0.05) is 12.1 Å². The number of rotatable bonds is 8. The average molecular weight is 443 g/mol. The quantitative estimate of drug-likeness (QED) is 0.393. The van der Waals surface area contributed by atoms with Gasteiger partial charge in [0.15, 0.2) is 6.10 Å². The maximum atomic E-state index is 12.7. The number of hydrogen-bond donors (Lipinski definition) is 1. The van der Waals surface area contributed by atoms with Gasteiger partial charge in [-0.25, -0.2) is 9.78 Å². The SMILES string of the molecule is COc1ccc(NC(=O)C(C)OC(=O)c2ccccc2SCc2csc(C)n2)cc1. The molecule has 1 unspecified atom stereocenters. The number of carbonyl (C=O) groups excluding carboxylic acids is 2. The Hall–Kier alpha value is -2.84. The van der Waals surface area contributed by atoms with Crippen LogP contribution in [0.1, 0.15) is 28.0 Å². The third-order valence-corrected chi connectivity index (χ3v) is 6.09. The summed E-state index contributed by atoms with van der Waals surface area (Å²) in [5.41, 5.74) is 2.00. The molecular formula is C22H22N2O4S2. The second-order valence-electron chi connectivity index (χ2n) is 6.41. The summed E-state index contributed by atoms with van der Waals surface area (Å²) < 4.78 is 10.5. The van der Waals surface area contributed by atoms with Crippen LogP contribution < -0.4 is 10.1 Å². The van der Waals surface area contributed by atoms with Gasteiger partial charge in [0.2, 0.25) is 0 Å². The Morgan fingerprint density at radius 1 is 1.17 bits per heavy atom. The van der Waals surface area contributed by atoms with Crippen LogP contribution in [0.15, 0.2) is 58.8 Å². The van der Waals surface area contributed by atoms with Gasteiger partial charge in [0.1, 0.15) is 5.75 Å². The molecule has 0 saturated heterocycles. The lowest BCUT2D eigenvalue weighted by Crippen LogP contribution is -2.30. The number of thiazole rings is 1. The fourth-order valence-electron chi connectivity index (χ4n) is 2.58. The molecule has 6 nitrogen and oxygen atoms in total. The molecule has 0 aliphatic carbocycles. The van der Waals surface area contributed by atoms with Crippen LogP contribution in [0.2, 0.25) is 0 Å². The van der Waals surface area contributed by atoms with E-state index in [-0.39, 0.29) is 0 Å². The number of hydrogen-bond acceptors (Lipinski definition) is 7. The predicted molar refractivity (Wildman–Crippen MR) is 119 cm³/mol. The van der Waals surface area contributed by atoms with Crippen LogP contribution in [-0.2, 0) is 15.3 Å². The van der Waals surface area contributed by atoms with Crippen molar-refractivity contribution in [3.8, 4) is 5.75 Å². The van der Waals surface area contributed by atoms with E-state index < -0.39 is 18.0 Å². The van der Waals surface area contributed by atoms with Crippen molar-refractivity contribution in [1.82, 2.24) is 4.98 Å². The molecule has 3 rings (SSSR count). The molecule has 0 fully saturated rings. The van der Waals surface area contributed by atoms with Gasteiger partial charge in [0.05, 0.1) is 23.4 Å². The van der Waals surface area contributed by atoms with Crippen molar-refractivity contribution in [2.75, 3.05) is 12.4 Å². The molecule has 0 saturated carbocycles. The van der Waals surface area contributed by atoms with Crippen molar-refractivity contribution in [3.05, 3.63) is 70.2 Å². The lowest BCUT2D eigenvalue weighted by atomic mass is 10.2. The Kier molecular flexibility index (Phi) is 7.48. The number of aryl methyl sites for hydroxylation is 1. The summed E-state index contributed by atoms with van der Waals surface area (Å²) in [6.45, 7) is 3.51. The largest absolute Gasteiger partial charge is 0.497 e. The highest BCUT2D eigenvalue weighted by atomic mass is 32.2. The van der Waals surface area contributed by atoms with E-state index in [9.17, 15) is 9.59 Å². The van der Waals surface area contributed by atoms with Crippen molar-refractivity contribution >= 4 is 40.7 Å². The first-order valence-corrected chi connectivity index (χ1v) is 11.1. The minimum Gasteiger partial charge on any atom is -0.497 e. The summed E-state index contributed by atoms with van der Waals surface area (Å²) in [6.07, 6.45) is -0.946. The van der Waals surface area contributed by atoms with Crippen LogP contribution in [0.3, 0.4) is 0 Å². The number of esters is 1. The van der Waals surface area contributed by atoms with Crippen molar-refractivity contribution in [3.63, 3.8) is 0 Å². The van der Waals surface area contributed by atoms with Gasteiger partial charge in [-0.15, -0.1) is 23.1 Å². The van der Waals surface area contributed by atoms with Gasteiger partial charge in [0.25, 0.3) is 5.91 Å². The molecule has 0 radical (unpaired) electrons. The summed E-state index contributed by atoms with van der Waals surface area (Å²) >= 11 is 3.11. The predicted octanol–water partition coefficient (Wildman–Crippen LogP) is 4.94. The number of methoxy groups -OCH3 is 1. The average Bonchev–Trinajstić information content (AvgIpc) is 3.18. The zero-order valence-corrected chi connectivity index (χ0v) is 18.5. The second-order valence-corrected chi connectivity index (χ2v) is 8.49. The summed E-state index contributed by atoms with van der Waals surface area (Å²) in [5.74, 6) is 0.401. The smallest absolute Gasteiger partial charge is 0.340 e. The van der Waals surface area contributed by atoms with E-state index in [2.05, 4.69) is 10.3 Å². The molecule has 0 spiro atoms. The number of ether oxygens (including phenoxy) is 2. The van der Waals surface area contributed by atoms with Gasteiger partial charge >= 0.3 is 5.97 Å². The number of thioether (sulfide) groups is 1. The molecule has 8 heteroatoms. The minimum atomic E-state index is -0.946. The highest BCUT2D eigenvalue weighted by molar-refractivity contribution is 7.98. The van der Waals surface area contributed by atoms with Crippen molar-refractivity contribution in [2.24, 2.45) is 0 Å². The molecule has 2 aromatic carbocycles. The fraction of sp³-hybridized carbons (Fsp3) is 0.227. The fourth-order valence-corrected chi connectivity index (χ4v) is 4.23. The number of anilines is 1. The Labute approximate surface area is 183 Å². The number of benzene rings is 2. The van der Waals surface area contributed by atoms with Crippen LogP contribution >= 0.6 is 23.1 Å². The van der Waals surface area contributed by atoms with Crippen LogP contribution in [-0.4, -0.2) is 30.1 Å². The first kappa shape index (κ1) is 21.9. The van der Waals surface area contributed by atoms with Gasteiger partial charge in [0, 0.05) is 21.7 Å². The molecule has 1 heterocycles. The van der Waals surface area contributed by atoms with E-state index in [0.717, 1.165) is 15.6 Å². The van der Waals surface area contributed by atoms with Gasteiger partial charge < -0.3 is 14.8 Å². The summed E-state index contributed by atoms with van der Waals surface area (Å²) in [6, 6.07) is 14.1. The zero-order valence-electron chi connectivity index (χ0n) is 16.9. The molecule has 30 heavy (non-hydrogen) atoms. The van der Waals surface area contributed by atoms with Crippen LogP contribution in [0.4, 0.5) is 5.69 Å². The maximum absolute atomic E-state index is 12.7. The maximum Gasteiger partial charge on any atom is 0.340 e. The number of carbonyl (C=O) groups is 2. The standard InChI is InChI=1S/C22H22N2O4S2/c1-14(21(25)24-16-8-10-18(27-3)11-9-16)28-22(26)19-6-4-5-7-20(19)30-13-17-12-29-15(2)23-17/h4-12,14H,13H2,1-3H3,(H,24,25). The van der Waals surface area contributed by atoms with Gasteiger partial charge in [-0.3, -0.25) is 4.79 Å². The Balaban J connectivity index is 1.60. The monoisotopic (exact) mass is 442 g/mol. The third kappa shape index (κ3) is 5.84. The molecule has 3 aromatic rings. The number of aromatic nitrogens is 1. The van der Waals surface area contributed by atoms with Crippen molar-refractivity contribution < 1.29 is 19.1 Å². The highest BCUT2D eigenvalue weighted by Gasteiger charge is 2.21. The molecule has 0 aliphatic heterocycles. The summed E-state index contributed by atoms with van der Waals surface area (Å²) in [5, 5.41) is 5.75. The van der Waals surface area contributed by atoms with E-state index in [4.69, 9.17) is 9.47 Å². The second kappa shape index (κ2) is 10.3. The Bertz CT molecular complexity index is 1020. The Morgan fingerprint density at radius 2 is 1.90 bits per heavy atom. The van der Waals surface area contributed by atoms with Crippen molar-refractivity contribution in [1.29, 1.82) is 0 Å². The third-order valence-electron chi connectivity index (χ3n) is 4.16. The molecule has 0 aliphatic rings. The summed E-state index contributed by atoms with van der Waals surface area (Å²) in [7, 11) is 1.57. The number of nitrogens with one attached hydrogen (secondary N) is 1. The number of nitrogens with zero attached hydrogens (tertiary/aromatic N) is 1. The van der Waals surface area contributed by atoms with E-state index >= 15 is 0 Å². The first-order valence-electron chi connectivity index (χ1n) is 9.25. The van der Waals surface area contributed by atoms with Gasteiger partial charge in [-0.2, -0.15) is 0 Å². The minimum absolute atomic E-state index is 0.406. The van der Waals surface area contributed by atoms with Crippen LogP contribution in [0, 0.1) is 6.92 Å². The summed E-state index contributed by atoms with van der Waals surface area (Å²) in [4.78, 5) is 30.3.